The van der Waals surface area contributed by atoms with Crippen LogP contribution in [-0.4, -0.2) is 69.0 Å². The molecule has 1 fully saturated rings. The summed E-state index contributed by atoms with van der Waals surface area (Å²) in [4.78, 5) is 31.3. The number of carbonyl (C=O) groups is 1. The molecular weight excluding hydrogens is 420 g/mol. The van der Waals surface area contributed by atoms with Gasteiger partial charge in [-0.3, -0.25) is 18.8 Å². The first-order valence-corrected chi connectivity index (χ1v) is 11.3. The molecule has 0 unspecified atom stereocenters. The summed E-state index contributed by atoms with van der Waals surface area (Å²) >= 11 is 0. The lowest BCUT2D eigenvalue weighted by Crippen LogP contribution is -2.51. The van der Waals surface area contributed by atoms with Gasteiger partial charge < -0.3 is 4.90 Å². The molecule has 1 aliphatic rings. The third-order valence-electron chi connectivity index (χ3n) is 5.73. The molecule has 4 rings (SSSR count). The van der Waals surface area contributed by atoms with E-state index in [0.717, 1.165) is 11.1 Å². The molecule has 164 valence electrons. The summed E-state index contributed by atoms with van der Waals surface area (Å²) in [5.41, 5.74) is 2.07. The number of hydrogen-bond donors (Lipinski definition) is 0. The number of carbonyl (C=O) groups excluding carboxylic acids is 1. The Labute approximate surface area is 179 Å². The van der Waals surface area contributed by atoms with Gasteiger partial charge in [0.1, 0.15) is 18.3 Å². The van der Waals surface area contributed by atoms with Gasteiger partial charge in [-0.15, -0.1) is 0 Å². The fraction of sp³-hybridized carbons (Fsp3) is 0.400. The van der Waals surface area contributed by atoms with Crippen LogP contribution in [0, 0.1) is 13.8 Å². The highest BCUT2D eigenvalue weighted by Gasteiger charge is 2.30. The minimum absolute atomic E-state index is 0.152. The number of aromatic nitrogens is 4. The Balaban J connectivity index is 1.44. The first-order chi connectivity index (χ1) is 14.7. The fourth-order valence-corrected chi connectivity index (χ4v) is 5.13. The summed E-state index contributed by atoms with van der Waals surface area (Å²) in [6.07, 6.45) is 2.77. The van der Waals surface area contributed by atoms with Crippen molar-refractivity contribution < 1.29 is 13.2 Å². The van der Waals surface area contributed by atoms with Crippen LogP contribution < -0.4 is 5.56 Å². The second kappa shape index (κ2) is 7.89. The van der Waals surface area contributed by atoms with Crippen molar-refractivity contribution >= 4 is 27.0 Å². The van der Waals surface area contributed by atoms with Crippen LogP contribution in [0.1, 0.15) is 11.1 Å². The van der Waals surface area contributed by atoms with Crippen LogP contribution in [-0.2, 0) is 28.4 Å². The number of fused-ring (bicyclic) bond motifs is 1. The SMILES string of the molecule is Cc1ccc(S(=O)(=O)N2CCN(C(=O)Cn3cnc4c(cnn4C)c3=O)CC2)cc1C. The molecule has 0 radical (unpaired) electrons. The van der Waals surface area contributed by atoms with Gasteiger partial charge in [-0.1, -0.05) is 6.07 Å². The second-order valence-corrected chi connectivity index (χ2v) is 9.65. The topological polar surface area (TPSA) is 110 Å². The van der Waals surface area contributed by atoms with Crippen molar-refractivity contribution in [3.63, 3.8) is 0 Å². The molecule has 3 aromatic rings. The number of aryl methyl sites for hydroxylation is 3. The summed E-state index contributed by atoms with van der Waals surface area (Å²) in [6, 6.07) is 5.09. The van der Waals surface area contributed by atoms with E-state index >= 15 is 0 Å². The zero-order valence-corrected chi connectivity index (χ0v) is 18.5. The van der Waals surface area contributed by atoms with Crippen LogP contribution in [0.2, 0.25) is 0 Å². The average molecular weight is 445 g/mol. The Bertz CT molecular complexity index is 1320. The number of nitrogens with zero attached hydrogens (tertiary/aromatic N) is 6. The first kappa shape index (κ1) is 21.2. The van der Waals surface area contributed by atoms with E-state index in [9.17, 15) is 18.0 Å². The largest absolute Gasteiger partial charge is 0.338 e. The lowest BCUT2D eigenvalue weighted by Gasteiger charge is -2.34. The van der Waals surface area contributed by atoms with Crippen molar-refractivity contribution in [1.29, 1.82) is 0 Å². The van der Waals surface area contributed by atoms with Crippen molar-refractivity contribution in [2.24, 2.45) is 7.05 Å². The molecule has 0 atom stereocenters. The normalized spacial score (nSPS) is 15.5. The molecule has 1 aliphatic heterocycles. The minimum atomic E-state index is -3.62. The number of benzene rings is 1. The summed E-state index contributed by atoms with van der Waals surface area (Å²) in [5.74, 6) is -0.254. The van der Waals surface area contributed by atoms with Crippen LogP contribution in [0.3, 0.4) is 0 Å². The van der Waals surface area contributed by atoms with E-state index in [-0.39, 0.29) is 49.1 Å². The summed E-state index contributed by atoms with van der Waals surface area (Å²) in [6.45, 7) is 4.60. The molecule has 10 nitrogen and oxygen atoms in total. The van der Waals surface area contributed by atoms with Gasteiger partial charge in [0.05, 0.1) is 11.1 Å². The maximum absolute atomic E-state index is 13.0. The van der Waals surface area contributed by atoms with Crippen molar-refractivity contribution in [2.75, 3.05) is 26.2 Å². The number of rotatable bonds is 4. The molecular formula is C20H24N6O4S. The third-order valence-corrected chi connectivity index (χ3v) is 7.63. The summed E-state index contributed by atoms with van der Waals surface area (Å²) < 4.78 is 30.1. The second-order valence-electron chi connectivity index (χ2n) is 7.71. The van der Waals surface area contributed by atoms with Crippen LogP contribution in [0.5, 0.6) is 0 Å². The lowest BCUT2D eigenvalue weighted by atomic mass is 10.1. The number of amides is 1. The molecule has 0 N–H and O–H groups in total. The number of hydrogen-bond acceptors (Lipinski definition) is 6. The molecule has 0 aliphatic carbocycles. The maximum atomic E-state index is 13.0. The highest BCUT2D eigenvalue weighted by molar-refractivity contribution is 7.89. The van der Waals surface area contributed by atoms with Gasteiger partial charge >= 0.3 is 0 Å². The Hall–Kier alpha value is -3.05. The molecule has 0 bridgehead atoms. The Morgan fingerprint density at radius 1 is 1.10 bits per heavy atom. The lowest BCUT2D eigenvalue weighted by molar-refractivity contribution is -0.133. The molecule has 0 saturated carbocycles. The number of sulfonamides is 1. The van der Waals surface area contributed by atoms with Crippen molar-refractivity contribution in [2.45, 2.75) is 25.3 Å². The van der Waals surface area contributed by atoms with Gasteiger partial charge in [-0.2, -0.15) is 9.40 Å². The zero-order valence-electron chi connectivity index (χ0n) is 17.6. The molecule has 1 saturated heterocycles. The van der Waals surface area contributed by atoms with Gasteiger partial charge in [-0.05, 0) is 37.1 Å². The fourth-order valence-electron chi connectivity index (χ4n) is 3.63. The maximum Gasteiger partial charge on any atom is 0.264 e. The van der Waals surface area contributed by atoms with Gasteiger partial charge in [-0.25, -0.2) is 13.4 Å². The summed E-state index contributed by atoms with van der Waals surface area (Å²) in [7, 11) is -1.93. The van der Waals surface area contributed by atoms with E-state index in [1.807, 2.05) is 13.8 Å². The Kier molecular flexibility index (Phi) is 5.40. The molecule has 1 aromatic carbocycles. The third kappa shape index (κ3) is 3.86. The molecule has 11 heteroatoms. The Morgan fingerprint density at radius 3 is 2.48 bits per heavy atom. The quantitative estimate of drug-likeness (QED) is 0.572. The molecule has 1 amide bonds. The van der Waals surface area contributed by atoms with Gasteiger partial charge in [0.15, 0.2) is 5.65 Å². The predicted molar refractivity (Wildman–Crippen MR) is 114 cm³/mol. The highest BCUT2D eigenvalue weighted by Crippen LogP contribution is 2.20. The molecule has 0 spiro atoms. The van der Waals surface area contributed by atoms with E-state index < -0.39 is 10.0 Å². The minimum Gasteiger partial charge on any atom is -0.338 e. The first-order valence-electron chi connectivity index (χ1n) is 9.91. The van der Waals surface area contributed by atoms with Crippen LogP contribution in [0.25, 0.3) is 11.0 Å². The highest BCUT2D eigenvalue weighted by atomic mass is 32.2. The average Bonchev–Trinajstić information content (AvgIpc) is 3.13. The van der Waals surface area contributed by atoms with Crippen molar-refractivity contribution in [1.82, 2.24) is 28.5 Å². The smallest absolute Gasteiger partial charge is 0.264 e. The molecule has 3 heterocycles. The van der Waals surface area contributed by atoms with Gasteiger partial charge in [0.2, 0.25) is 15.9 Å². The van der Waals surface area contributed by atoms with Crippen molar-refractivity contribution in [3.05, 3.63) is 52.2 Å². The van der Waals surface area contributed by atoms with E-state index in [1.165, 1.54) is 26.1 Å². The molecule has 31 heavy (non-hydrogen) atoms. The predicted octanol–water partition coefficient (Wildman–Crippen LogP) is 0.280. The van der Waals surface area contributed by atoms with Crippen LogP contribution >= 0.6 is 0 Å². The Morgan fingerprint density at radius 2 is 1.81 bits per heavy atom. The standard InChI is InChI=1S/C20H24N6O4S/c1-14-4-5-16(10-15(14)2)31(29,30)26-8-6-24(7-9-26)18(27)12-25-13-21-19-17(20(25)28)11-22-23(19)3/h4-5,10-11,13H,6-9,12H2,1-3H3. The van der Waals surface area contributed by atoms with E-state index in [0.29, 0.717) is 11.0 Å². The molecule has 2 aromatic heterocycles. The monoisotopic (exact) mass is 444 g/mol. The zero-order chi connectivity index (χ0) is 22.3. The van der Waals surface area contributed by atoms with Gasteiger partial charge in [0, 0.05) is 33.2 Å². The number of piperazine rings is 1. The van der Waals surface area contributed by atoms with Crippen LogP contribution in [0.15, 0.2) is 40.4 Å². The van der Waals surface area contributed by atoms with E-state index in [4.69, 9.17) is 0 Å². The summed E-state index contributed by atoms with van der Waals surface area (Å²) in [5, 5.41) is 4.37. The van der Waals surface area contributed by atoms with E-state index in [1.54, 1.807) is 30.1 Å². The van der Waals surface area contributed by atoms with Crippen LogP contribution in [0.4, 0.5) is 0 Å². The van der Waals surface area contributed by atoms with Gasteiger partial charge in [0.25, 0.3) is 5.56 Å². The van der Waals surface area contributed by atoms with E-state index in [2.05, 4.69) is 10.1 Å². The van der Waals surface area contributed by atoms with Crippen molar-refractivity contribution in [3.8, 4) is 0 Å².